The Morgan fingerprint density at radius 2 is 1.83 bits per heavy atom. The summed E-state index contributed by atoms with van der Waals surface area (Å²) in [5.74, 6) is -0.00346. The molecule has 30 heavy (non-hydrogen) atoms. The highest BCUT2D eigenvalue weighted by Gasteiger charge is 2.41. The van der Waals surface area contributed by atoms with Gasteiger partial charge in [-0.05, 0) is 61.3 Å². The normalized spacial score (nSPS) is 21.9. The molecule has 2 fully saturated rings. The molecule has 0 aliphatic carbocycles. The Bertz CT molecular complexity index is 1100. The molecule has 1 amide bonds. The number of benzene rings is 3. The Kier molecular flexibility index (Phi) is 4.75. The summed E-state index contributed by atoms with van der Waals surface area (Å²) in [6.07, 6.45) is 1.23. The van der Waals surface area contributed by atoms with E-state index in [1.165, 1.54) is 22.9 Å². The Balaban J connectivity index is 1.38. The molecule has 0 saturated carbocycles. The van der Waals surface area contributed by atoms with Crippen LogP contribution >= 0.6 is 0 Å². The van der Waals surface area contributed by atoms with E-state index >= 15 is 0 Å². The van der Waals surface area contributed by atoms with E-state index in [4.69, 9.17) is 0 Å². The first-order valence-electron chi connectivity index (χ1n) is 10.9. The van der Waals surface area contributed by atoms with E-state index in [1.807, 2.05) is 13.0 Å². The largest absolute Gasteiger partial charge is 0.366 e. The van der Waals surface area contributed by atoms with E-state index < -0.39 is 0 Å². The van der Waals surface area contributed by atoms with Gasteiger partial charge in [-0.25, -0.2) is 0 Å². The van der Waals surface area contributed by atoms with Gasteiger partial charge in [0.05, 0.1) is 6.04 Å². The highest BCUT2D eigenvalue weighted by molar-refractivity contribution is 5.97. The molecule has 0 spiro atoms. The van der Waals surface area contributed by atoms with Gasteiger partial charge in [0.2, 0.25) is 0 Å². The SMILES string of the molecule is Cc1ccc(N2C[C@H]3C[C@@H]2CN3C)cc1C(=O)N[C@H](C)c1cccc2ccccc12. The summed E-state index contributed by atoms with van der Waals surface area (Å²) in [6.45, 7) is 6.25. The first kappa shape index (κ1) is 19.1. The molecule has 2 heterocycles. The van der Waals surface area contributed by atoms with Crippen LogP contribution in [0, 0.1) is 6.92 Å². The fraction of sp³-hybridized carbons (Fsp3) is 0.346. The smallest absolute Gasteiger partial charge is 0.252 e. The Labute approximate surface area is 178 Å². The van der Waals surface area contributed by atoms with E-state index in [9.17, 15) is 4.79 Å². The van der Waals surface area contributed by atoms with Crippen molar-refractivity contribution in [3.8, 4) is 0 Å². The predicted molar refractivity (Wildman–Crippen MR) is 123 cm³/mol. The molecule has 0 unspecified atom stereocenters. The van der Waals surface area contributed by atoms with Gasteiger partial charge in [0.1, 0.15) is 0 Å². The van der Waals surface area contributed by atoms with Gasteiger partial charge in [-0.1, -0.05) is 48.5 Å². The number of nitrogens with one attached hydrogen (secondary N) is 1. The molecular formula is C26H29N3O. The number of hydrogen-bond acceptors (Lipinski definition) is 3. The first-order valence-corrected chi connectivity index (χ1v) is 10.9. The zero-order valence-electron chi connectivity index (χ0n) is 17.9. The molecular weight excluding hydrogens is 370 g/mol. The number of rotatable bonds is 4. The minimum atomic E-state index is -0.0666. The third kappa shape index (κ3) is 3.25. The van der Waals surface area contributed by atoms with Gasteiger partial charge >= 0.3 is 0 Å². The third-order valence-corrected chi connectivity index (χ3v) is 6.95. The van der Waals surface area contributed by atoms with Crippen molar-refractivity contribution in [1.29, 1.82) is 0 Å². The number of nitrogens with zero attached hydrogens (tertiary/aromatic N) is 2. The van der Waals surface area contributed by atoms with Gasteiger partial charge in [0, 0.05) is 36.4 Å². The van der Waals surface area contributed by atoms with Crippen LogP contribution in [0.2, 0.25) is 0 Å². The maximum Gasteiger partial charge on any atom is 0.252 e. The lowest BCUT2D eigenvalue weighted by Gasteiger charge is -2.34. The lowest BCUT2D eigenvalue weighted by atomic mass is 9.99. The zero-order chi connectivity index (χ0) is 20.8. The number of amides is 1. The molecule has 2 aliphatic heterocycles. The van der Waals surface area contributed by atoms with Crippen LogP contribution in [0.15, 0.2) is 60.7 Å². The van der Waals surface area contributed by atoms with Crippen LogP contribution in [0.25, 0.3) is 10.8 Å². The van der Waals surface area contributed by atoms with Crippen molar-refractivity contribution in [2.75, 3.05) is 25.0 Å². The maximum absolute atomic E-state index is 13.2. The quantitative estimate of drug-likeness (QED) is 0.700. The average molecular weight is 400 g/mol. The predicted octanol–water partition coefficient (Wildman–Crippen LogP) is 4.53. The molecule has 3 aromatic rings. The second-order valence-corrected chi connectivity index (χ2v) is 8.90. The molecule has 2 saturated heterocycles. The van der Waals surface area contributed by atoms with Crippen LogP contribution in [0.1, 0.15) is 40.9 Å². The maximum atomic E-state index is 13.2. The number of carbonyl (C=O) groups is 1. The summed E-state index contributed by atoms with van der Waals surface area (Å²) in [5, 5.41) is 5.63. The summed E-state index contributed by atoms with van der Waals surface area (Å²) in [7, 11) is 2.21. The van der Waals surface area contributed by atoms with E-state index in [-0.39, 0.29) is 11.9 Å². The number of anilines is 1. The second kappa shape index (κ2) is 7.44. The van der Waals surface area contributed by atoms with Crippen molar-refractivity contribution < 1.29 is 4.79 Å². The Morgan fingerprint density at radius 1 is 1.03 bits per heavy atom. The Morgan fingerprint density at radius 3 is 2.60 bits per heavy atom. The lowest BCUT2D eigenvalue weighted by Crippen LogP contribution is -2.44. The standard InChI is InChI=1S/C26H29N3O/c1-17-11-12-20(29-16-21-13-22(29)15-28(21)3)14-25(17)26(30)27-18(2)23-10-6-8-19-7-4-5-9-24(19)23/h4-12,14,18,21-22H,13,15-16H2,1-3H3,(H,27,30)/t18-,21-,22-/m1/s1. The topological polar surface area (TPSA) is 35.6 Å². The zero-order valence-corrected chi connectivity index (χ0v) is 17.9. The van der Waals surface area contributed by atoms with Crippen molar-refractivity contribution in [1.82, 2.24) is 10.2 Å². The van der Waals surface area contributed by atoms with Crippen LogP contribution < -0.4 is 10.2 Å². The average Bonchev–Trinajstić information content (AvgIpc) is 3.33. The highest BCUT2D eigenvalue weighted by Crippen LogP contribution is 2.34. The summed E-state index contributed by atoms with van der Waals surface area (Å²) in [5.41, 5.74) is 4.11. The summed E-state index contributed by atoms with van der Waals surface area (Å²) in [4.78, 5) is 18.2. The van der Waals surface area contributed by atoms with Crippen molar-refractivity contribution >= 4 is 22.4 Å². The number of piperazine rings is 1. The van der Waals surface area contributed by atoms with Crippen LogP contribution in [-0.2, 0) is 0 Å². The number of aryl methyl sites for hydroxylation is 1. The second-order valence-electron chi connectivity index (χ2n) is 8.90. The van der Waals surface area contributed by atoms with E-state index in [1.54, 1.807) is 0 Å². The van der Waals surface area contributed by atoms with Crippen molar-refractivity contribution in [2.24, 2.45) is 0 Å². The minimum Gasteiger partial charge on any atom is -0.366 e. The number of hydrogen-bond donors (Lipinski definition) is 1. The van der Waals surface area contributed by atoms with Gasteiger partial charge in [0.15, 0.2) is 0 Å². The summed E-state index contributed by atoms with van der Waals surface area (Å²) in [6, 6.07) is 22.1. The molecule has 0 radical (unpaired) electrons. The van der Waals surface area contributed by atoms with Gasteiger partial charge < -0.3 is 10.2 Å². The van der Waals surface area contributed by atoms with Crippen LogP contribution in [0.3, 0.4) is 0 Å². The molecule has 0 aromatic heterocycles. The molecule has 5 rings (SSSR count). The molecule has 2 bridgehead atoms. The van der Waals surface area contributed by atoms with E-state index in [0.29, 0.717) is 12.1 Å². The number of likely N-dealkylation sites (tertiary alicyclic amines) is 1. The van der Waals surface area contributed by atoms with Crippen molar-refractivity contribution in [2.45, 2.75) is 38.4 Å². The fourth-order valence-electron chi connectivity index (χ4n) is 5.20. The molecule has 1 N–H and O–H groups in total. The molecule has 2 aliphatic rings. The highest BCUT2D eigenvalue weighted by atomic mass is 16.1. The Hall–Kier alpha value is -2.85. The van der Waals surface area contributed by atoms with Gasteiger partial charge in [-0.15, -0.1) is 0 Å². The van der Waals surface area contributed by atoms with Crippen LogP contribution in [-0.4, -0.2) is 43.0 Å². The number of carbonyl (C=O) groups excluding carboxylic acids is 1. The molecule has 154 valence electrons. The first-order chi connectivity index (χ1) is 14.5. The molecule has 3 atom stereocenters. The van der Waals surface area contributed by atoms with E-state index in [0.717, 1.165) is 29.8 Å². The van der Waals surface area contributed by atoms with Gasteiger partial charge in [-0.3, -0.25) is 9.69 Å². The van der Waals surface area contributed by atoms with E-state index in [2.05, 4.69) is 83.7 Å². The van der Waals surface area contributed by atoms with Gasteiger partial charge in [0.25, 0.3) is 5.91 Å². The van der Waals surface area contributed by atoms with Crippen LogP contribution in [0.4, 0.5) is 5.69 Å². The third-order valence-electron chi connectivity index (χ3n) is 6.95. The number of likely N-dealkylation sites (N-methyl/N-ethyl adjacent to an activating group) is 1. The summed E-state index contributed by atoms with van der Waals surface area (Å²) < 4.78 is 0. The van der Waals surface area contributed by atoms with Crippen LogP contribution in [0.5, 0.6) is 0 Å². The van der Waals surface area contributed by atoms with Crippen molar-refractivity contribution in [3.63, 3.8) is 0 Å². The van der Waals surface area contributed by atoms with Crippen molar-refractivity contribution in [3.05, 3.63) is 77.4 Å². The number of fused-ring (bicyclic) bond motifs is 3. The van der Waals surface area contributed by atoms with Gasteiger partial charge in [-0.2, -0.15) is 0 Å². The lowest BCUT2D eigenvalue weighted by molar-refractivity contribution is 0.0939. The molecule has 3 aromatic carbocycles. The summed E-state index contributed by atoms with van der Waals surface area (Å²) >= 11 is 0. The molecule has 4 heteroatoms. The molecule has 4 nitrogen and oxygen atoms in total. The minimum absolute atomic E-state index is 0.00346. The monoisotopic (exact) mass is 399 g/mol. The fourth-order valence-corrected chi connectivity index (χ4v) is 5.20.